The number of ketones is 1. The molecule has 138 valence electrons. The van der Waals surface area contributed by atoms with Gasteiger partial charge < -0.3 is 0 Å². The van der Waals surface area contributed by atoms with Gasteiger partial charge in [-0.25, -0.2) is 0 Å². The quantitative estimate of drug-likeness (QED) is 0.281. The van der Waals surface area contributed by atoms with Gasteiger partial charge in [0.25, 0.3) is 0 Å². The number of carbonyl (C=O) groups is 1. The molecule has 2 aromatic rings. The first kappa shape index (κ1) is 18.9. The van der Waals surface area contributed by atoms with Gasteiger partial charge in [0.05, 0.1) is 0 Å². The summed E-state index contributed by atoms with van der Waals surface area (Å²) in [5.41, 5.74) is 7.80. The summed E-state index contributed by atoms with van der Waals surface area (Å²) < 4.78 is 0. The molecule has 0 saturated heterocycles. The van der Waals surface area contributed by atoms with Crippen molar-refractivity contribution in [3.8, 4) is 11.1 Å². The Morgan fingerprint density at radius 2 is 1.50 bits per heavy atom. The Bertz CT molecular complexity index is 757. The SMILES string of the molecule is CCCCCCc1ccc2c(c1)Cc1cc(C(=O)CCCCC)ccc1-2. The molecule has 0 spiro atoms. The van der Waals surface area contributed by atoms with Crippen molar-refractivity contribution in [1.29, 1.82) is 0 Å². The second kappa shape index (κ2) is 9.16. The Morgan fingerprint density at radius 1 is 0.808 bits per heavy atom. The van der Waals surface area contributed by atoms with E-state index in [1.54, 1.807) is 0 Å². The van der Waals surface area contributed by atoms with E-state index in [4.69, 9.17) is 0 Å². The molecule has 1 aliphatic rings. The molecule has 1 aliphatic carbocycles. The average molecular weight is 349 g/mol. The minimum absolute atomic E-state index is 0.300. The van der Waals surface area contributed by atoms with Crippen LogP contribution in [0.1, 0.15) is 92.3 Å². The van der Waals surface area contributed by atoms with Crippen LogP contribution in [0.3, 0.4) is 0 Å². The molecule has 0 heterocycles. The van der Waals surface area contributed by atoms with Crippen LogP contribution in [0, 0.1) is 0 Å². The number of aryl methyl sites for hydroxylation is 1. The van der Waals surface area contributed by atoms with Crippen LogP contribution in [0.5, 0.6) is 0 Å². The molecule has 0 saturated carbocycles. The minimum atomic E-state index is 0.300. The van der Waals surface area contributed by atoms with Crippen molar-refractivity contribution in [2.24, 2.45) is 0 Å². The highest BCUT2D eigenvalue weighted by Crippen LogP contribution is 2.37. The molecule has 0 N–H and O–H groups in total. The lowest BCUT2D eigenvalue weighted by molar-refractivity contribution is 0.0979. The van der Waals surface area contributed by atoms with E-state index in [-0.39, 0.29) is 0 Å². The number of hydrogen-bond donors (Lipinski definition) is 0. The molecular formula is C25H32O. The largest absolute Gasteiger partial charge is 0.294 e. The van der Waals surface area contributed by atoms with E-state index >= 15 is 0 Å². The van der Waals surface area contributed by atoms with Crippen LogP contribution < -0.4 is 0 Å². The van der Waals surface area contributed by atoms with Crippen LogP contribution in [-0.4, -0.2) is 5.78 Å². The van der Waals surface area contributed by atoms with Crippen LogP contribution in [0.4, 0.5) is 0 Å². The molecule has 0 fully saturated rings. The summed E-state index contributed by atoms with van der Waals surface area (Å²) in [6.45, 7) is 4.44. The summed E-state index contributed by atoms with van der Waals surface area (Å²) in [6, 6.07) is 13.3. The molecule has 0 radical (unpaired) electrons. The van der Waals surface area contributed by atoms with Crippen LogP contribution in [-0.2, 0) is 12.8 Å². The van der Waals surface area contributed by atoms with Gasteiger partial charge in [-0.3, -0.25) is 4.79 Å². The van der Waals surface area contributed by atoms with Gasteiger partial charge in [0.2, 0.25) is 0 Å². The molecule has 1 heteroatoms. The zero-order valence-corrected chi connectivity index (χ0v) is 16.4. The molecule has 3 rings (SSSR count). The summed E-state index contributed by atoms with van der Waals surface area (Å²) in [5, 5.41) is 0. The maximum Gasteiger partial charge on any atom is 0.162 e. The van der Waals surface area contributed by atoms with Gasteiger partial charge in [-0.05, 0) is 59.6 Å². The lowest BCUT2D eigenvalue weighted by Crippen LogP contribution is -1.99. The number of hydrogen-bond acceptors (Lipinski definition) is 1. The summed E-state index contributed by atoms with van der Waals surface area (Å²) >= 11 is 0. The number of Topliss-reactive ketones (excluding diaryl/α,β-unsaturated/α-hetero) is 1. The van der Waals surface area contributed by atoms with Gasteiger partial charge in [0, 0.05) is 12.0 Å². The fourth-order valence-corrected chi connectivity index (χ4v) is 4.03. The maximum atomic E-state index is 12.4. The lowest BCUT2D eigenvalue weighted by Gasteiger charge is -2.06. The van der Waals surface area contributed by atoms with Crippen LogP contribution in [0.25, 0.3) is 11.1 Å². The monoisotopic (exact) mass is 348 g/mol. The third kappa shape index (κ3) is 4.44. The first-order chi connectivity index (χ1) is 12.7. The normalized spacial score (nSPS) is 12.1. The topological polar surface area (TPSA) is 17.1 Å². The predicted octanol–water partition coefficient (Wildman–Crippen LogP) is 7.14. The first-order valence-corrected chi connectivity index (χ1v) is 10.5. The summed E-state index contributed by atoms with van der Waals surface area (Å²) in [4.78, 5) is 12.4. The lowest BCUT2D eigenvalue weighted by atomic mass is 9.98. The van der Waals surface area contributed by atoms with Crippen molar-refractivity contribution in [2.75, 3.05) is 0 Å². The van der Waals surface area contributed by atoms with Crippen molar-refractivity contribution in [3.63, 3.8) is 0 Å². The minimum Gasteiger partial charge on any atom is -0.294 e. The summed E-state index contributed by atoms with van der Waals surface area (Å²) in [6.07, 6.45) is 11.4. The molecule has 1 nitrogen and oxygen atoms in total. The van der Waals surface area contributed by atoms with Crippen molar-refractivity contribution in [3.05, 3.63) is 58.7 Å². The zero-order valence-electron chi connectivity index (χ0n) is 16.4. The van der Waals surface area contributed by atoms with Crippen molar-refractivity contribution in [2.45, 2.75) is 78.1 Å². The number of carbonyl (C=O) groups excluding carboxylic acids is 1. The smallest absolute Gasteiger partial charge is 0.162 e. The Kier molecular flexibility index (Phi) is 6.66. The Labute approximate surface area is 158 Å². The zero-order chi connectivity index (χ0) is 18.4. The highest BCUT2D eigenvalue weighted by atomic mass is 16.1. The third-order valence-corrected chi connectivity index (χ3v) is 5.59. The van der Waals surface area contributed by atoms with E-state index in [9.17, 15) is 4.79 Å². The van der Waals surface area contributed by atoms with Crippen LogP contribution in [0.15, 0.2) is 36.4 Å². The predicted molar refractivity (Wildman–Crippen MR) is 111 cm³/mol. The fraction of sp³-hybridized carbons (Fsp3) is 0.480. The van der Waals surface area contributed by atoms with E-state index in [0.29, 0.717) is 12.2 Å². The van der Waals surface area contributed by atoms with Crippen LogP contribution in [0.2, 0.25) is 0 Å². The maximum absolute atomic E-state index is 12.4. The van der Waals surface area contributed by atoms with Gasteiger partial charge in [-0.1, -0.05) is 76.3 Å². The van der Waals surface area contributed by atoms with Crippen molar-refractivity contribution >= 4 is 5.78 Å². The van der Waals surface area contributed by atoms with Crippen molar-refractivity contribution < 1.29 is 4.79 Å². The molecule has 0 atom stereocenters. The number of rotatable bonds is 10. The van der Waals surface area contributed by atoms with Gasteiger partial charge in [-0.2, -0.15) is 0 Å². The van der Waals surface area contributed by atoms with E-state index < -0.39 is 0 Å². The van der Waals surface area contributed by atoms with Gasteiger partial charge in [0.1, 0.15) is 0 Å². The summed E-state index contributed by atoms with van der Waals surface area (Å²) in [7, 11) is 0. The molecule has 0 aromatic heterocycles. The van der Waals surface area contributed by atoms with E-state index in [1.165, 1.54) is 59.9 Å². The molecule has 0 amide bonds. The molecule has 0 bridgehead atoms. The molecule has 0 aliphatic heterocycles. The Hall–Kier alpha value is -1.89. The second-order valence-electron chi connectivity index (χ2n) is 7.73. The van der Waals surface area contributed by atoms with E-state index in [2.05, 4.69) is 44.2 Å². The highest BCUT2D eigenvalue weighted by Gasteiger charge is 2.20. The Balaban J connectivity index is 1.68. The Morgan fingerprint density at radius 3 is 2.27 bits per heavy atom. The second-order valence-corrected chi connectivity index (χ2v) is 7.73. The third-order valence-electron chi connectivity index (χ3n) is 5.59. The molecular weight excluding hydrogens is 316 g/mol. The van der Waals surface area contributed by atoms with Crippen molar-refractivity contribution in [1.82, 2.24) is 0 Å². The van der Waals surface area contributed by atoms with Gasteiger partial charge in [0.15, 0.2) is 5.78 Å². The average Bonchev–Trinajstić information content (AvgIpc) is 3.02. The van der Waals surface area contributed by atoms with Crippen LogP contribution >= 0.6 is 0 Å². The molecule has 26 heavy (non-hydrogen) atoms. The first-order valence-electron chi connectivity index (χ1n) is 10.5. The summed E-state index contributed by atoms with van der Waals surface area (Å²) in [5.74, 6) is 0.300. The van der Waals surface area contributed by atoms with Gasteiger partial charge in [-0.15, -0.1) is 0 Å². The van der Waals surface area contributed by atoms with E-state index in [0.717, 1.165) is 31.2 Å². The number of unbranched alkanes of at least 4 members (excludes halogenated alkanes) is 5. The standard InChI is InChI=1S/C25H32O/c1-3-5-7-9-10-19-12-14-23-21(16-19)18-22-17-20(13-15-24(22)23)25(26)11-8-6-4-2/h12-17H,3-11,18H2,1-2H3. The fourth-order valence-electron chi connectivity index (χ4n) is 4.03. The highest BCUT2D eigenvalue weighted by molar-refractivity contribution is 5.97. The molecule has 0 unspecified atom stereocenters. The van der Waals surface area contributed by atoms with Gasteiger partial charge >= 0.3 is 0 Å². The number of benzene rings is 2. The molecule has 2 aromatic carbocycles. The van der Waals surface area contributed by atoms with E-state index in [1.807, 2.05) is 6.07 Å². The number of fused-ring (bicyclic) bond motifs is 3.